The number of hydrogen-bond acceptors (Lipinski definition) is 5. The molecule has 0 radical (unpaired) electrons. The van der Waals surface area contributed by atoms with Crippen LogP contribution in [0.5, 0.6) is 0 Å². The molecule has 0 aromatic carbocycles. The first kappa shape index (κ1) is 17.2. The molecule has 0 spiro atoms. The first-order chi connectivity index (χ1) is 10.9. The first-order valence-corrected chi connectivity index (χ1v) is 10.7. The average molecular weight is 343 g/mol. The van der Waals surface area contributed by atoms with Gasteiger partial charge in [0.15, 0.2) is 0 Å². The van der Waals surface area contributed by atoms with Gasteiger partial charge < -0.3 is 10.2 Å². The molecule has 3 rings (SSSR count). The van der Waals surface area contributed by atoms with Crippen molar-refractivity contribution in [3.05, 3.63) is 0 Å². The molecule has 3 aliphatic heterocycles. The predicted octanol–water partition coefficient (Wildman–Crippen LogP) is 0.238. The molecule has 0 aromatic rings. The van der Waals surface area contributed by atoms with E-state index in [9.17, 15) is 13.2 Å². The smallest absolute Gasteiger partial charge is 0.237 e. The lowest BCUT2D eigenvalue weighted by molar-refractivity contribution is -0.126. The molecule has 23 heavy (non-hydrogen) atoms. The molecule has 0 saturated carbocycles. The number of carbonyl (C=O) groups is 1. The van der Waals surface area contributed by atoms with E-state index in [1.54, 1.807) is 0 Å². The Balaban J connectivity index is 1.43. The summed E-state index contributed by atoms with van der Waals surface area (Å²) in [6.45, 7) is 2.95. The van der Waals surface area contributed by atoms with Gasteiger partial charge in [0, 0.05) is 25.2 Å². The molecule has 0 bridgehead atoms. The molecule has 7 heteroatoms. The van der Waals surface area contributed by atoms with E-state index in [-0.39, 0.29) is 18.0 Å². The van der Waals surface area contributed by atoms with Crippen LogP contribution in [0.25, 0.3) is 0 Å². The highest BCUT2D eigenvalue weighted by Crippen LogP contribution is 2.22. The Kier molecular flexibility index (Phi) is 5.28. The van der Waals surface area contributed by atoms with E-state index in [1.165, 1.54) is 0 Å². The van der Waals surface area contributed by atoms with Gasteiger partial charge in [-0.3, -0.25) is 9.69 Å². The van der Waals surface area contributed by atoms with Gasteiger partial charge in [0.1, 0.15) is 9.84 Å². The lowest BCUT2D eigenvalue weighted by atomic mass is 10.00. The third-order valence-electron chi connectivity index (χ3n) is 5.74. The molecule has 3 heterocycles. The van der Waals surface area contributed by atoms with Crippen LogP contribution >= 0.6 is 0 Å². The second-order valence-corrected chi connectivity index (χ2v) is 9.64. The number of rotatable bonds is 3. The Morgan fingerprint density at radius 3 is 2.22 bits per heavy atom. The lowest BCUT2D eigenvalue weighted by Crippen LogP contribution is -2.52. The van der Waals surface area contributed by atoms with Crippen LogP contribution in [0.3, 0.4) is 0 Å². The third-order valence-corrected chi connectivity index (χ3v) is 7.46. The van der Waals surface area contributed by atoms with Crippen molar-refractivity contribution in [1.29, 1.82) is 0 Å². The van der Waals surface area contributed by atoms with Gasteiger partial charge in [-0.15, -0.1) is 0 Å². The number of nitrogens with zero attached hydrogens (tertiary/aromatic N) is 2. The van der Waals surface area contributed by atoms with E-state index in [2.05, 4.69) is 15.1 Å². The Labute approximate surface area is 139 Å². The molecule has 3 fully saturated rings. The van der Waals surface area contributed by atoms with Gasteiger partial charge in [-0.1, -0.05) is 0 Å². The zero-order chi connectivity index (χ0) is 16.4. The lowest BCUT2D eigenvalue weighted by Gasteiger charge is -2.39. The van der Waals surface area contributed by atoms with Gasteiger partial charge in [0.05, 0.1) is 17.5 Å². The van der Waals surface area contributed by atoms with Crippen molar-refractivity contribution >= 4 is 15.7 Å². The van der Waals surface area contributed by atoms with E-state index < -0.39 is 9.84 Å². The average Bonchev–Trinajstić information content (AvgIpc) is 2.94. The van der Waals surface area contributed by atoms with Crippen LogP contribution < -0.4 is 5.32 Å². The maximum absolute atomic E-state index is 12.3. The molecule has 1 amide bonds. The van der Waals surface area contributed by atoms with Crippen molar-refractivity contribution < 1.29 is 13.2 Å². The fourth-order valence-corrected chi connectivity index (χ4v) is 5.66. The minimum absolute atomic E-state index is 0.0524. The Hall–Kier alpha value is -0.660. The van der Waals surface area contributed by atoms with Crippen LogP contribution in [-0.2, 0) is 14.6 Å². The van der Waals surface area contributed by atoms with E-state index >= 15 is 0 Å². The number of amides is 1. The fraction of sp³-hybridized carbons (Fsp3) is 0.938. The van der Waals surface area contributed by atoms with Crippen molar-refractivity contribution in [1.82, 2.24) is 15.1 Å². The summed E-state index contributed by atoms with van der Waals surface area (Å²) in [6.07, 6.45) is 5.57. The van der Waals surface area contributed by atoms with Crippen molar-refractivity contribution in [2.45, 2.75) is 56.7 Å². The first-order valence-electron chi connectivity index (χ1n) is 8.90. The standard InChI is InChI=1S/C16H29N3O3S/c1-18-8-2-3-15(18)16(20)17-13-4-9-19(10-5-13)14-6-11-23(21,22)12-7-14/h13-15H,2-12H2,1H3,(H,17,20)/t15-/m0/s1. The Bertz CT molecular complexity index is 515. The molecule has 0 unspecified atom stereocenters. The maximum atomic E-state index is 12.3. The molecular formula is C16H29N3O3S. The zero-order valence-corrected chi connectivity index (χ0v) is 14.9. The van der Waals surface area contributed by atoms with Gasteiger partial charge in [-0.05, 0) is 52.1 Å². The van der Waals surface area contributed by atoms with E-state index in [0.717, 1.165) is 58.2 Å². The van der Waals surface area contributed by atoms with Crippen molar-refractivity contribution in [2.75, 3.05) is 38.2 Å². The summed E-state index contributed by atoms with van der Waals surface area (Å²) >= 11 is 0. The van der Waals surface area contributed by atoms with Crippen molar-refractivity contribution in [3.63, 3.8) is 0 Å². The highest BCUT2D eigenvalue weighted by atomic mass is 32.2. The summed E-state index contributed by atoms with van der Waals surface area (Å²) in [7, 11) is -0.759. The number of likely N-dealkylation sites (tertiary alicyclic amines) is 2. The van der Waals surface area contributed by atoms with Gasteiger partial charge in [-0.25, -0.2) is 8.42 Å². The zero-order valence-electron chi connectivity index (χ0n) is 14.0. The quantitative estimate of drug-likeness (QED) is 0.795. The van der Waals surface area contributed by atoms with E-state index in [0.29, 0.717) is 17.5 Å². The van der Waals surface area contributed by atoms with Gasteiger partial charge in [-0.2, -0.15) is 0 Å². The van der Waals surface area contributed by atoms with Crippen LogP contribution in [0.15, 0.2) is 0 Å². The number of nitrogens with one attached hydrogen (secondary N) is 1. The number of hydrogen-bond donors (Lipinski definition) is 1. The second-order valence-electron chi connectivity index (χ2n) is 7.34. The minimum Gasteiger partial charge on any atom is -0.352 e. The van der Waals surface area contributed by atoms with Crippen LogP contribution in [0.4, 0.5) is 0 Å². The summed E-state index contributed by atoms with van der Waals surface area (Å²) in [5, 5.41) is 3.22. The monoisotopic (exact) mass is 343 g/mol. The Morgan fingerprint density at radius 2 is 1.65 bits per heavy atom. The Morgan fingerprint density at radius 1 is 1.00 bits per heavy atom. The molecule has 1 N–H and O–H groups in total. The largest absolute Gasteiger partial charge is 0.352 e. The molecule has 3 saturated heterocycles. The maximum Gasteiger partial charge on any atom is 0.237 e. The topological polar surface area (TPSA) is 69.7 Å². The molecule has 0 aliphatic carbocycles. The number of likely N-dealkylation sites (N-methyl/N-ethyl adjacent to an activating group) is 1. The van der Waals surface area contributed by atoms with Gasteiger partial charge in [0.25, 0.3) is 0 Å². The number of carbonyl (C=O) groups excluding carboxylic acids is 1. The van der Waals surface area contributed by atoms with Crippen LogP contribution in [-0.4, -0.2) is 80.4 Å². The molecule has 3 aliphatic rings. The molecular weight excluding hydrogens is 314 g/mol. The molecule has 0 aromatic heterocycles. The predicted molar refractivity (Wildman–Crippen MR) is 90.1 cm³/mol. The van der Waals surface area contributed by atoms with Crippen LogP contribution in [0, 0.1) is 0 Å². The SMILES string of the molecule is CN1CCC[C@H]1C(=O)NC1CCN(C2CCS(=O)(=O)CC2)CC1. The second kappa shape index (κ2) is 7.07. The highest BCUT2D eigenvalue weighted by molar-refractivity contribution is 7.91. The van der Waals surface area contributed by atoms with E-state index in [4.69, 9.17) is 0 Å². The van der Waals surface area contributed by atoms with Crippen LogP contribution in [0.1, 0.15) is 38.5 Å². The van der Waals surface area contributed by atoms with Gasteiger partial charge >= 0.3 is 0 Å². The van der Waals surface area contributed by atoms with Crippen molar-refractivity contribution in [2.24, 2.45) is 0 Å². The normalized spacial score (nSPS) is 31.3. The number of piperidine rings is 1. The molecule has 132 valence electrons. The van der Waals surface area contributed by atoms with Gasteiger partial charge in [0.2, 0.25) is 5.91 Å². The summed E-state index contributed by atoms with van der Waals surface area (Å²) in [6, 6.07) is 0.743. The van der Waals surface area contributed by atoms with Crippen LogP contribution in [0.2, 0.25) is 0 Å². The van der Waals surface area contributed by atoms with E-state index in [1.807, 2.05) is 7.05 Å². The third kappa shape index (κ3) is 4.25. The molecule has 6 nitrogen and oxygen atoms in total. The fourth-order valence-electron chi connectivity index (χ4n) is 4.19. The summed E-state index contributed by atoms with van der Waals surface area (Å²) in [5.41, 5.74) is 0. The minimum atomic E-state index is -2.78. The summed E-state index contributed by atoms with van der Waals surface area (Å²) in [4.78, 5) is 16.9. The number of sulfone groups is 1. The van der Waals surface area contributed by atoms with Crippen molar-refractivity contribution in [3.8, 4) is 0 Å². The summed E-state index contributed by atoms with van der Waals surface area (Å²) < 4.78 is 23.1. The molecule has 1 atom stereocenters. The highest BCUT2D eigenvalue weighted by Gasteiger charge is 2.33. The summed E-state index contributed by atoms with van der Waals surface area (Å²) in [5.74, 6) is 0.859.